The summed E-state index contributed by atoms with van der Waals surface area (Å²) >= 11 is 0. The molecule has 1 aliphatic heterocycles. The first-order valence-corrected chi connectivity index (χ1v) is 9.71. The van der Waals surface area contributed by atoms with E-state index in [0.29, 0.717) is 12.2 Å². The topological polar surface area (TPSA) is 72.8 Å². The van der Waals surface area contributed by atoms with Gasteiger partial charge in [-0.1, -0.05) is 12.1 Å². The second-order valence-corrected chi connectivity index (χ2v) is 7.36. The molecule has 0 spiro atoms. The summed E-state index contributed by atoms with van der Waals surface area (Å²) in [7, 11) is 0. The van der Waals surface area contributed by atoms with E-state index in [2.05, 4.69) is 10.3 Å². The predicted molar refractivity (Wildman–Crippen MR) is 104 cm³/mol. The van der Waals surface area contributed by atoms with Crippen LogP contribution in [0.2, 0.25) is 0 Å². The molecule has 0 aliphatic carbocycles. The minimum Gasteiger partial charge on any atom is -0.354 e. The first-order valence-electron chi connectivity index (χ1n) is 9.71. The summed E-state index contributed by atoms with van der Waals surface area (Å²) in [5, 5.41) is 3.92. The summed E-state index contributed by atoms with van der Waals surface area (Å²) in [6.07, 6.45) is 3.65. The third-order valence-corrected chi connectivity index (χ3v) is 5.38. The maximum atomic E-state index is 12.5. The predicted octanol–water partition coefficient (Wildman–Crippen LogP) is 0.143. The normalized spacial score (nSPS) is 15.0. The van der Waals surface area contributed by atoms with Crippen LogP contribution in [0.5, 0.6) is 0 Å². The van der Waals surface area contributed by atoms with Crippen LogP contribution in [-0.2, 0) is 11.3 Å². The number of carbonyl (C=O) groups excluding carboxylic acids is 1. The number of quaternary nitrogens is 1. The number of nitrogens with zero attached hydrogens (tertiary/aromatic N) is 3. The number of fused-ring (bicyclic) bond motifs is 3. The zero-order valence-electron chi connectivity index (χ0n) is 15.7. The summed E-state index contributed by atoms with van der Waals surface area (Å²) in [6.45, 7) is 6.42. The molecule has 3 heterocycles. The van der Waals surface area contributed by atoms with Crippen molar-refractivity contribution in [2.75, 3.05) is 26.2 Å². The molecule has 1 saturated heterocycles. The fraction of sp³-hybridized carbons (Fsp3) is 0.450. The van der Waals surface area contributed by atoms with Crippen LogP contribution < -0.4 is 15.8 Å². The Morgan fingerprint density at radius 2 is 2.04 bits per heavy atom. The summed E-state index contributed by atoms with van der Waals surface area (Å²) in [6, 6.07) is 9.24. The number of aromatic nitrogens is 3. The Hall–Kier alpha value is -2.67. The molecule has 0 atom stereocenters. The molecule has 7 heteroatoms. The average molecular weight is 368 g/mol. The van der Waals surface area contributed by atoms with Gasteiger partial charge in [-0.15, -0.1) is 0 Å². The van der Waals surface area contributed by atoms with Crippen molar-refractivity contribution in [1.82, 2.24) is 19.5 Å². The fourth-order valence-corrected chi connectivity index (χ4v) is 4.10. The highest BCUT2D eigenvalue weighted by molar-refractivity contribution is 5.93. The van der Waals surface area contributed by atoms with Crippen LogP contribution in [0.25, 0.3) is 16.6 Å². The third-order valence-electron chi connectivity index (χ3n) is 5.38. The van der Waals surface area contributed by atoms with Gasteiger partial charge in [-0.05, 0) is 19.1 Å². The number of nitrogens with one attached hydrogen (secondary N) is 2. The van der Waals surface area contributed by atoms with Crippen LogP contribution in [0.1, 0.15) is 25.0 Å². The maximum absolute atomic E-state index is 12.5. The number of likely N-dealkylation sites (tertiary alicyclic amines) is 1. The van der Waals surface area contributed by atoms with Gasteiger partial charge < -0.3 is 10.2 Å². The van der Waals surface area contributed by atoms with E-state index >= 15 is 0 Å². The number of para-hydroxylation sites is 1. The lowest BCUT2D eigenvalue weighted by molar-refractivity contribution is -0.887. The maximum Gasteiger partial charge on any atom is 0.273 e. The minimum absolute atomic E-state index is 0.0211. The molecule has 7 nitrogen and oxygen atoms in total. The second kappa shape index (κ2) is 7.52. The van der Waals surface area contributed by atoms with Crippen LogP contribution in [0.15, 0.2) is 35.1 Å². The zero-order chi connectivity index (χ0) is 18.8. The summed E-state index contributed by atoms with van der Waals surface area (Å²) in [5.41, 5.74) is 2.01. The van der Waals surface area contributed by atoms with Gasteiger partial charge >= 0.3 is 0 Å². The van der Waals surface area contributed by atoms with E-state index in [4.69, 9.17) is 0 Å². The smallest absolute Gasteiger partial charge is 0.273 e. The molecule has 27 heavy (non-hydrogen) atoms. The van der Waals surface area contributed by atoms with Crippen molar-refractivity contribution in [2.24, 2.45) is 0 Å². The minimum atomic E-state index is -0.260. The van der Waals surface area contributed by atoms with E-state index < -0.39 is 0 Å². The Balaban J connectivity index is 1.52. The SMILES string of the molecule is Cc1cc(=O)nc2c3ccccc3n(CC(=O)NCCC[NH+]3CCCC3)n12. The Morgan fingerprint density at radius 3 is 2.85 bits per heavy atom. The molecule has 0 saturated carbocycles. The number of amides is 1. The van der Waals surface area contributed by atoms with Gasteiger partial charge in [0.1, 0.15) is 6.54 Å². The lowest BCUT2D eigenvalue weighted by atomic mass is 10.2. The summed E-state index contributed by atoms with van der Waals surface area (Å²) in [5.74, 6) is -0.0211. The van der Waals surface area contributed by atoms with Gasteiger partial charge in [0, 0.05) is 43.0 Å². The first-order chi connectivity index (χ1) is 13.1. The van der Waals surface area contributed by atoms with E-state index in [-0.39, 0.29) is 18.0 Å². The molecule has 3 aromatic rings. The van der Waals surface area contributed by atoms with Crippen LogP contribution in [0.3, 0.4) is 0 Å². The van der Waals surface area contributed by atoms with E-state index in [1.165, 1.54) is 32.0 Å². The van der Waals surface area contributed by atoms with Crippen molar-refractivity contribution in [3.63, 3.8) is 0 Å². The van der Waals surface area contributed by atoms with Crippen molar-refractivity contribution in [2.45, 2.75) is 32.7 Å². The molecular weight excluding hydrogens is 342 g/mol. The number of hydrogen-bond acceptors (Lipinski definition) is 3. The largest absolute Gasteiger partial charge is 0.354 e. The molecule has 2 N–H and O–H groups in total. The number of hydrogen-bond donors (Lipinski definition) is 2. The van der Waals surface area contributed by atoms with Gasteiger partial charge in [-0.25, -0.2) is 4.52 Å². The van der Waals surface area contributed by atoms with Gasteiger partial charge in [0.25, 0.3) is 5.56 Å². The van der Waals surface area contributed by atoms with Gasteiger partial charge in [0.2, 0.25) is 5.91 Å². The van der Waals surface area contributed by atoms with Gasteiger partial charge in [0.05, 0.1) is 25.2 Å². The van der Waals surface area contributed by atoms with Crippen LogP contribution in [0, 0.1) is 6.92 Å². The Bertz CT molecular complexity index is 1030. The Labute approximate surface area is 157 Å². The third kappa shape index (κ3) is 3.60. The number of rotatable bonds is 6. The van der Waals surface area contributed by atoms with Gasteiger partial charge in [-0.2, -0.15) is 4.98 Å². The van der Waals surface area contributed by atoms with Crippen LogP contribution >= 0.6 is 0 Å². The molecule has 1 aromatic carbocycles. The highest BCUT2D eigenvalue weighted by Gasteiger charge is 2.16. The molecule has 0 radical (unpaired) electrons. The zero-order valence-corrected chi connectivity index (χ0v) is 15.7. The molecule has 2 aromatic heterocycles. The van der Waals surface area contributed by atoms with Crippen molar-refractivity contribution < 1.29 is 9.69 Å². The standard InChI is InChI=1S/C20H25N5O2/c1-15-13-18(26)22-20-16-7-2-3-8-17(16)24(25(15)20)14-19(27)21-9-6-12-23-10-4-5-11-23/h2-3,7-8,13H,4-6,9-12,14H2,1H3,(H,21,27)/p+1. The van der Waals surface area contributed by atoms with E-state index in [1.54, 1.807) is 4.90 Å². The highest BCUT2D eigenvalue weighted by atomic mass is 16.2. The molecule has 1 fully saturated rings. The second-order valence-electron chi connectivity index (χ2n) is 7.36. The van der Waals surface area contributed by atoms with E-state index in [9.17, 15) is 9.59 Å². The molecule has 0 unspecified atom stereocenters. The monoisotopic (exact) mass is 368 g/mol. The van der Waals surface area contributed by atoms with E-state index in [0.717, 1.165) is 29.6 Å². The van der Waals surface area contributed by atoms with Gasteiger partial charge in [0.15, 0.2) is 5.65 Å². The number of carbonyl (C=O) groups is 1. The van der Waals surface area contributed by atoms with Crippen LogP contribution in [0.4, 0.5) is 0 Å². The van der Waals surface area contributed by atoms with Crippen molar-refractivity contribution in [1.29, 1.82) is 0 Å². The van der Waals surface area contributed by atoms with Crippen molar-refractivity contribution >= 4 is 22.5 Å². The summed E-state index contributed by atoms with van der Waals surface area (Å²) < 4.78 is 3.76. The van der Waals surface area contributed by atoms with E-state index in [1.807, 2.05) is 40.4 Å². The quantitative estimate of drug-likeness (QED) is 0.608. The van der Waals surface area contributed by atoms with Crippen molar-refractivity contribution in [3.05, 3.63) is 46.4 Å². The average Bonchev–Trinajstić information content (AvgIpc) is 3.26. The lowest BCUT2D eigenvalue weighted by Crippen LogP contribution is -3.10. The molecule has 142 valence electrons. The Kier molecular flexibility index (Phi) is 4.94. The molecule has 1 amide bonds. The number of aryl methyl sites for hydroxylation is 1. The molecular formula is C20H26N5O2+. The first kappa shape index (κ1) is 17.7. The fourth-order valence-electron chi connectivity index (χ4n) is 4.10. The Morgan fingerprint density at radius 1 is 1.26 bits per heavy atom. The molecule has 1 aliphatic rings. The molecule has 0 bridgehead atoms. The molecule has 4 rings (SSSR count). The number of benzene rings is 1. The van der Waals surface area contributed by atoms with Gasteiger partial charge in [-0.3, -0.25) is 14.3 Å². The summed E-state index contributed by atoms with van der Waals surface area (Å²) in [4.78, 5) is 30.2. The highest BCUT2D eigenvalue weighted by Crippen LogP contribution is 2.21. The van der Waals surface area contributed by atoms with Crippen LogP contribution in [-0.4, -0.2) is 46.3 Å². The lowest BCUT2D eigenvalue weighted by Gasteiger charge is -2.13. The van der Waals surface area contributed by atoms with Crippen molar-refractivity contribution in [3.8, 4) is 0 Å².